The van der Waals surface area contributed by atoms with Crippen molar-refractivity contribution in [1.82, 2.24) is 10.2 Å². The van der Waals surface area contributed by atoms with Crippen LogP contribution in [0.4, 0.5) is 0 Å². The summed E-state index contributed by atoms with van der Waals surface area (Å²) in [6.45, 7) is 10.9. The monoisotopic (exact) mass is 356 g/mol. The minimum Gasteiger partial charge on any atom is -0.381 e. The molecule has 3 heterocycles. The Balaban J connectivity index is 1.66. The molecular formula is C22H32N2O2. The van der Waals surface area contributed by atoms with Crippen LogP contribution in [0.3, 0.4) is 0 Å². The van der Waals surface area contributed by atoms with Crippen LogP contribution in [0.2, 0.25) is 0 Å². The average Bonchev–Trinajstić information content (AvgIpc) is 3.32. The summed E-state index contributed by atoms with van der Waals surface area (Å²) >= 11 is 0. The van der Waals surface area contributed by atoms with E-state index < -0.39 is 0 Å². The smallest absolute Gasteiger partial charge is 0.228 e. The molecule has 2 atom stereocenters. The Kier molecular flexibility index (Phi) is 4.83. The maximum Gasteiger partial charge on any atom is 0.228 e. The minimum absolute atomic E-state index is 0.0679. The number of fused-ring (bicyclic) bond motifs is 1. The Hall–Kier alpha value is -1.39. The molecular weight excluding hydrogens is 324 g/mol. The Morgan fingerprint density at radius 3 is 2.77 bits per heavy atom. The summed E-state index contributed by atoms with van der Waals surface area (Å²) in [5, 5.41) is 3.68. The summed E-state index contributed by atoms with van der Waals surface area (Å²) in [5.41, 5.74) is 5.84. The van der Waals surface area contributed by atoms with E-state index in [-0.39, 0.29) is 17.2 Å². The molecule has 4 rings (SSSR count). The molecule has 1 N–H and O–H groups in total. The number of benzene rings is 1. The summed E-state index contributed by atoms with van der Waals surface area (Å²) in [6.07, 6.45) is 4.33. The van der Waals surface area contributed by atoms with Gasteiger partial charge in [0.25, 0.3) is 0 Å². The molecule has 3 aliphatic heterocycles. The van der Waals surface area contributed by atoms with Crippen molar-refractivity contribution in [2.45, 2.75) is 64.5 Å². The van der Waals surface area contributed by atoms with Gasteiger partial charge < -0.3 is 15.0 Å². The van der Waals surface area contributed by atoms with E-state index >= 15 is 0 Å². The predicted octanol–water partition coefficient (Wildman–Crippen LogP) is 3.33. The molecule has 0 aromatic heterocycles. The first-order valence-corrected chi connectivity index (χ1v) is 10.2. The molecule has 1 amide bonds. The van der Waals surface area contributed by atoms with Gasteiger partial charge in [-0.05, 0) is 59.9 Å². The van der Waals surface area contributed by atoms with Crippen molar-refractivity contribution >= 4 is 5.91 Å². The molecule has 0 unspecified atom stereocenters. The lowest BCUT2D eigenvalue weighted by Gasteiger charge is -2.34. The van der Waals surface area contributed by atoms with Crippen molar-refractivity contribution in [2.75, 3.05) is 26.3 Å². The van der Waals surface area contributed by atoms with Crippen molar-refractivity contribution in [3.63, 3.8) is 0 Å². The second-order valence-electron chi connectivity index (χ2n) is 9.17. The van der Waals surface area contributed by atoms with Gasteiger partial charge in [-0.1, -0.05) is 32.9 Å². The number of hydrogen-bond donors (Lipinski definition) is 1. The Bertz CT molecular complexity index is 680. The second kappa shape index (κ2) is 6.97. The zero-order valence-electron chi connectivity index (χ0n) is 16.4. The summed E-state index contributed by atoms with van der Waals surface area (Å²) < 4.78 is 5.43. The lowest BCUT2D eigenvalue weighted by atomic mass is 9.80. The van der Waals surface area contributed by atoms with Crippen molar-refractivity contribution in [1.29, 1.82) is 0 Å². The second-order valence-corrected chi connectivity index (χ2v) is 9.17. The van der Waals surface area contributed by atoms with Crippen LogP contribution in [0.1, 0.15) is 68.3 Å². The maximum atomic E-state index is 12.9. The van der Waals surface area contributed by atoms with E-state index in [1.807, 2.05) is 0 Å². The van der Waals surface area contributed by atoms with Crippen LogP contribution in [-0.4, -0.2) is 37.1 Å². The van der Waals surface area contributed by atoms with E-state index in [4.69, 9.17) is 4.74 Å². The van der Waals surface area contributed by atoms with Crippen LogP contribution in [0.15, 0.2) is 12.1 Å². The zero-order valence-corrected chi connectivity index (χ0v) is 16.4. The van der Waals surface area contributed by atoms with Gasteiger partial charge in [0.1, 0.15) is 0 Å². The third-order valence-corrected chi connectivity index (χ3v) is 6.26. The Morgan fingerprint density at radius 2 is 2.12 bits per heavy atom. The first-order valence-electron chi connectivity index (χ1n) is 10.2. The molecule has 0 saturated carbocycles. The molecule has 0 spiro atoms. The quantitative estimate of drug-likeness (QED) is 0.884. The molecule has 1 aromatic carbocycles. The summed E-state index contributed by atoms with van der Waals surface area (Å²) in [5.74, 6) is 0.355. The van der Waals surface area contributed by atoms with Gasteiger partial charge in [-0.15, -0.1) is 0 Å². The molecule has 1 aromatic rings. The highest BCUT2D eigenvalue weighted by Crippen LogP contribution is 2.36. The fourth-order valence-electron chi connectivity index (χ4n) is 4.60. The average molecular weight is 357 g/mol. The number of amides is 1. The maximum absolute atomic E-state index is 12.9. The van der Waals surface area contributed by atoms with Crippen molar-refractivity contribution in [3.8, 4) is 0 Å². The van der Waals surface area contributed by atoms with Crippen molar-refractivity contribution in [2.24, 2.45) is 5.92 Å². The van der Waals surface area contributed by atoms with Crippen LogP contribution in [0.5, 0.6) is 0 Å². The molecule has 2 fully saturated rings. The molecule has 4 nitrogen and oxygen atoms in total. The fraction of sp³-hybridized carbons (Fsp3) is 0.682. The number of carbonyl (C=O) groups is 1. The van der Waals surface area contributed by atoms with Gasteiger partial charge in [0.15, 0.2) is 0 Å². The predicted molar refractivity (Wildman–Crippen MR) is 103 cm³/mol. The molecule has 4 heteroatoms. The molecule has 2 saturated heterocycles. The summed E-state index contributed by atoms with van der Waals surface area (Å²) in [7, 11) is 0. The van der Waals surface area contributed by atoms with E-state index in [0.717, 1.165) is 39.1 Å². The normalized spacial score (nSPS) is 26.2. The molecule has 0 aliphatic carbocycles. The fourth-order valence-corrected chi connectivity index (χ4v) is 4.60. The molecule has 26 heavy (non-hydrogen) atoms. The van der Waals surface area contributed by atoms with Gasteiger partial charge in [0.05, 0.1) is 12.5 Å². The summed E-state index contributed by atoms with van der Waals surface area (Å²) in [6, 6.07) is 5.28. The SMILES string of the molecule is CC(C)(C)c1cc2c(c([C@@H]3CCCN3)c1)CCN(C(=O)[C@H]1CCOC1)C2. The largest absolute Gasteiger partial charge is 0.381 e. The number of carbonyl (C=O) groups excluding carboxylic acids is 1. The number of hydrogen-bond acceptors (Lipinski definition) is 3. The van der Waals surface area contributed by atoms with E-state index in [2.05, 4.69) is 43.1 Å². The Morgan fingerprint density at radius 1 is 1.27 bits per heavy atom. The first-order chi connectivity index (χ1) is 12.4. The lowest BCUT2D eigenvalue weighted by molar-refractivity contribution is -0.136. The standard InChI is InChI=1S/C22H32N2O2/c1-22(2,3)17-11-16-13-24(21(25)15-7-10-26-14-15)9-6-18(16)19(12-17)20-5-4-8-23-20/h11-12,15,20,23H,4-10,13-14H2,1-3H3/t15-,20-/m0/s1. The van der Waals surface area contributed by atoms with Gasteiger partial charge in [-0.3, -0.25) is 4.79 Å². The van der Waals surface area contributed by atoms with Gasteiger partial charge >= 0.3 is 0 Å². The van der Waals surface area contributed by atoms with E-state index in [9.17, 15) is 4.79 Å². The van der Waals surface area contributed by atoms with Gasteiger partial charge in [-0.25, -0.2) is 0 Å². The van der Waals surface area contributed by atoms with Gasteiger partial charge in [0.2, 0.25) is 5.91 Å². The number of nitrogens with one attached hydrogen (secondary N) is 1. The lowest BCUT2D eigenvalue weighted by Crippen LogP contribution is -2.40. The highest BCUT2D eigenvalue weighted by atomic mass is 16.5. The zero-order chi connectivity index (χ0) is 18.3. The minimum atomic E-state index is 0.0679. The number of nitrogens with zero attached hydrogens (tertiary/aromatic N) is 1. The third kappa shape index (κ3) is 3.41. The van der Waals surface area contributed by atoms with E-state index in [1.165, 1.54) is 35.1 Å². The van der Waals surface area contributed by atoms with Crippen LogP contribution in [-0.2, 0) is 27.9 Å². The highest BCUT2D eigenvalue weighted by molar-refractivity contribution is 5.79. The molecule has 3 aliphatic rings. The molecule has 142 valence electrons. The Labute approximate surface area is 157 Å². The number of rotatable bonds is 2. The third-order valence-electron chi connectivity index (χ3n) is 6.26. The van der Waals surface area contributed by atoms with Crippen LogP contribution >= 0.6 is 0 Å². The van der Waals surface area contributed by atoms with E-state index in [0.29, 0.717) is 12.6 Å². The van der Waals surface area contributed by atoms with Gasteiger partial charge in [-0.2, -0.15) is 0 Å². The number of ether oxygens (including phenoxy) is 1. The van der Waals surface area contributed by atoms with E-state index in [1.54, 1.807) is 0 Å². The topological polar surface area (TPSA) is 41.6 Å². The van der Waals surface area contributed by atoms with Crippen LogP contribution in [0, 0.1) is 5.92 Å². The van der Waals surface area contributed by atoms with Crippen molar-refractivity contribution in [3.05, 3.63) is 34.4 Å². The molecule has 0 radical (unpaired) electrons. The van der Waals surface area contributed by atoms with Gasteiger partial charge in [0, 0.05) is 25.7 Å². The van der Waals surface area contributed by atoms with Crippen LogP contribution < -0.4 is 5.32 Å². The van der Waals surface area contributed by atoms with Crippen LogP contribution in [0.25, 0.3) is 0 Å². The molecule has 0 bridgehead atoms. The first kappa shape index (κ1) is 18.0. The van der Waals surface area contributed by atoms with Crippen molar-refractivity contribution < 1.29 is 9.53 Å². The summed E-state index contributed by atoms with van der Waals surface area (Å²) in [4.78, 5) is 14.9. The highest BCUT2D eigenvalue weighted by Gasteiger charge is 2.32.